The standard InChI is InChI=1S/C15H23N/c1-12(16(2)3)13-8-10-15(11-9-13)14-6-4-5-7-14/h8-12,14H,4-7H2,1-3H3/t12-/m0/s1. The molecule has 0 unspecified atom stereocenters. The summed E-state index contributed by atoms with van der Waals surface area (Å²) in [4.78, 5) is 2.25. The first-order valence-electron chi connectivity index (χ1n) is 6.45. The number of hydrogen-bond acceptors (Lipinski definition) is 1. The van der Waals surface area contributed by atoms with Crippen molar-refractivity contribution >= 4 is 0 Å². The van der Waals surface area contributed by atoms with Gasteiger partial charge in [-0.25, -0.2) is 0 Å². The van der Waals surface area contributed by atoms with Crippen LogP contribution in [0.3, 0.4) is 0 Å². The van der Waals surface area contributed by atoms with E-state index in [9.17, 15) is 0 Å². The van der Waals surface area contributed by atoms with Crippen molar-refractivity contribution in [3.8, 4) is 0 Å². The summed E-state index contributed by atoms with van der Waals surface area (Å²) in [5.41, 5.74) is 2.97. The van der Waals surface area contributed by atoms with E-state index in [2.05, 4.69) is 50.2 Å². The molecule has 0 aliphatic heterocycles. The Kier molecular flexibility index (Phi) is 3.65. The first-order valence-corrected chi connectivity index (χ1v) is 6.45. The number of rotatable bonds is 3. The van der Waals surface area contributed by atoms with E-state index in [1.165, 1.54) is 31.2 Å². The van der Waals surface area contributed by atoms with Gasteiger partial charge < -0.3 is 4.90 Å². The van der Waals surface area contributed by atoms with Gasteiger partial charge in [0.1, 0.15) is 0 Å². The summed E-state index contributed by atoms with van der Waals surface area (Å²) >= 11 is 0. The molecule has 0 spiro atoms. The first kappa shape index (κ1) is 11.7. The van der Waals surface area contributed by atoms with E-state index in [-0.39, 0.29) is 0 Å². The maximum absolute atomic E-state index is 2.34. The van der Waals surface area contributed by atoms with Crippen LogP contribution in [-0.2, 0) is 0 Å². The predicted molar refractivity (Wildman–Crippen MR) is 69.8 cm³/mol. The van der Waals surface area contributed by atoms with Crippen LogP contribution < -0.4 is 0 Å². The van der Waals surface area contributed by atoms with Crippen molar-refractivity contribution in [2.75, 3.05) is 14.1 Å². The van der Waals surface area contributed by atoms with E-state index in [0.717, 1.165) is 5.92 Å². The molecule has 0 N–H and O–H groups in total. The third-order valence-corrected chi connectivity index (χ3v) is 4.02. The van der Waals surface area contributed by atoms with E-state index in [4.69, 9.17) is 0 Å². The van der Waals surface area contributed by atoms with Gasteiger partial charge in [-0.15, -0.1) is 0 Å². The molecule has 1 aliphatic rings. The van der Waals surface area contributed by atoms with Crippen LogP contribution in [0.1, 0.15) is 55.7 Å². The van der Waals surface area contributed by atoms with Gasteiger partial charge in [-0.1, -0.05) is 37.1 Å². The van der Waals surface area contributed by atoms with Crippen molar-refractivity contribution in [1.82, 2.24) is 4.90 Å². The maximum atomic E-state index is 2.34. The van der Waals surface area contributed by atoms with Gasteiger partial charge in [0.15, 0.2) is 0 Å². The molecule has 1 aromatic rings. The molecule has 1 saturated carbocycles. The molecule has 0 heterocycles. The minimum absolute atomic E-state index is 0.512. The fraction of sp³-hybridized carbons (Fsp3) is 0.600. The molecule has 1 aromatic carbocycles. The molecule has 0 radical (unpaired) electrons. The van der Waals surface area contributed by atoms with Gasteiger partial charge in [-0.2, -0.15) is 0 Å². The summed E-state index contributed by atoms with van der Waals surface area (Å²) in [6.07, 6.45) is 5.62. The first-order chi connectivity index (χ1) is 7.68. The summed E-state index contributed by atoms with van der Waals surface area (Å²) < 4.78 is 0. The molecule has 1 aliphatic carbocycles. The van der Waals surface area contributed by atoms with Crippen LogP contribution in [0.25, 0.3) is 0 Å². The molecule has 16 heavy (non-hydrogen) atoms. The quantitative estimate of drug-likeness (QED) is 0.740. The molecule has 0 bridgehead atoms. The lowest BCUT2D eigenvalue weighted by atomic mass is 9.95. The number of hydrogen-bond donors (Lipinski definition) is 0. The lowest BCUT2D eigenvalue weighted by Crippen LogP contribution is -2.16. The molecule has 1 nitrogen and oxygen atoms in total. The van der Waals surface area contributed by atoms with E-state index in [1.54, 1.807) is 5.56 Å². The van der Waals surface area contributed by atoms with Crippen LogP contribution in [0.2, 0.25) is 0 Å². The Labute approximate surface area is 99.5 Å². The fourth-order valence-corrected chi connectivity index (χ4v) is 2.60. The minimum atomic E-state index is 0.512. The van der Waals surface area contributed by atoms with Gasteiger partial charge in [-0.05, 0) is 50.9 Å². The summed E-state index contributed by atoms with van der Waals surface area (Å²) in [6, 6.07) is 9.80. The van der Waals surface area contributed by atoms with Gasteiger partial charge in [0.25, 0.3) is 0 Å². The lowest BCUT2D eigenvalue weighted by molar-refractivity contribution is 0.321. The Bertz CT molecular complexity index is 299. The van der Waals surface area contributed by atoms with E-state index in [0.29, 0.717) is 6.04 Å². The van der Waals surface area contributed by atoms with Crippen LogP contribution >= 0.6 is 0 Å². The lowest BCUT2D eigenvalue weighted by Gasteiger charge is -2.20. The fourth-order valence-electron chi connectivity index (χ4n) is 2.60. The summed E-state index contributed by atoms with van der Waals surface area (Å²) in [6.45, 7) is 2.25. The third-order valence-electron chi connectivity index (χ3n) is 4.02. The highest BCUT2D eigenvalue weighted by atomic mass is 15.1. The van der Waals surface area contributed by atoms with Gasteiger partial charge >= 0.3 is 0 Å². The molecule has 88 valence electrons. The second kappa shape index (κ2) is 5.01. The van der Waals surface area contributed by atoms with Crippen LogP contribution in [-0.4, -0.2) is 19.0 Å². The molecule has 0 aromatic heterocycles. The van der Waals surface area contributed by atoms with Crippen molar-refractivity contribution in [1.29, 1.82) is 0 Å². The van der Waals surface area contributed by atoms with E-state index >= 15 is 0 Å². The topological polar surface area (TPSA) is 3.24 Å². The zero-order chi connectivity index (χ0) is 11.5. The third kappa shape index (κ3) is 2.46. The van der Waals surface area contributed by atoms with Crippen molar-refractivity contribution < 1.29 is 0 Å². The Morgan fingerprint density at radius 2 is 1.62 bits per heavy atom. The Morgan fingerprint density at radius 3 is 2.12 bits per heavy atom. The van der Waals surface area contributed by atoms with Crippen molar-refractivity contribution in [3.63, 3.8) is 0 Å². The average molecular weight is 217 g/mol. The van der Waals surface area contributed by atoms with Crippen LogP contribution in [0.4, 0.5) is 0 Å². The van der Waals surface area contributed by atoms with Gasteiger partial charge in [-0.3, -0.25) is 0 Å². The molecule has 0 amide bonds. The number of benzene rings is 1. The molecule has 1 heteroatoms. The summed E-state index contributed by atoms with van der Waals surface area (Å²) in [7, 11) is 4.27. The molecular formula is C15H23N. The molecule has 0 saturated heterocycles. The van der Waals surface area contributed by atoms with Crippen molar-refractivity contribution in [2.45, 2.75) is 44.6 Å². The minimum Gasteiger partial charge on any atom is -0.303 e. The highest BCUT2D eigenvalue weighted by molar-refractivity contribution is 5.27. The Morgan fingerprint density at radius 1 is 1.06 bits per heavy atom. The summed E-state index contributed by atoms with van der Waals surface area (Å²) in [5.74, 6) is 0.837. The smallest absolute Gasteiger partial charge is 0.0313 e. The van der Waals surface area contributed by atoms with Gasteiger partial charge in [0.2, 0.25) is 0 Å². The monoisotopic (exact) mass is 217 g/mol. The van der Waals surface area contributed by atoms with Crippen LogP contribution in [0.5, 0.6) is 0 Å². The zero-order valence-corrected chi connectivity index (χ0v) is 10.7. The second-order valence-electron chi connectivity index (χ2n) is 5.29. The van der Waals surface area contributed by atoms with E-state index < -0.39 is 0 Å². The van der Waals surface area contributed by atoms with E-state index in [1.807, 2.05) is 0 Å². The van der Waals surface area contributed by atoms with Crippen molar-refractivity contribution in [3.05, 3.63) is 35.4 Å². The average Bonchev–Trinajstić information content (AvgIpc) is 2.81. The van der Waals surface area contributed by atoms with Crippen LogP contribution in [0.15, 0.2) is 24.3 Å². The molecule has 1 atom stereocenters. The molecular weight excluding hydrogens is 194 g/mol. The van der Waals surface area contributed by atoms with Crippen molar-refractivity contribution in [2.24, 2.45) is 0 Å². The van der Waals surface area contributed by atoms with Gasteiger partial charge in [0.05, 0.1) is 0 Å². The Hall–Kier alpha value is -0.820. The largest absolute Gasteiger partial charge is 0.303 e. The molecule has 1 fully saturated rings. The SMILES string of the molecule is C[C@@H](c1ccc(C2CCCC2)cc1)N(C)C. The normalized spacial score (nSPS) is 19.2. The summed E-state index contributed by atoms with van der Waals surface area (Å²) in [5, 5.41) is 0. The second-order valence-corrected chi connectivity index (χ2v) is 5.29. The number of nitrogens with zero attached hydrogens (tertiary/aromatic N) is 1. The maximum Gasteiger partial charge on any atom is 0.0313 e. The van der Waals surface area contributed by atoms with Gasteiger partial charge in [0, 0.05) is 6.04 Å². The van der Waals surface area contributed by atoms with Crippen LogP contribution in [0, 0.1) is 0 Å². The Balaban J connectivity index is 2.09. The molecule has 2 rings (SSSR count). The zero-order valence-electron chi connectivity index (χ0n) is 10.7. The predicted octanol–water partition coefficient (Wildman–Crippen LogP) is 3.97. The highest BCUT2D eigenvalue weighted by Gasteiger charge is 2.17. The highest BCUT2D eigenvalue weighted by Crippen LogP contribution is 2.34.